The van der Waals surface area contributed by atoms with E-state index in [9.17, 15) is 10.1 Å². The van der Waals surface area contributed by atoms with Crippen LogP contribution in [0.4, 0.5) is 4.79 Å². The number of nitrogens with zero attached hydrogens (tertiary/aromatic N) is 3. The summed E-state index contributed by atoms with van der Waals surface area (Å²) in [6, 6.07) is 8.05. The third-order valence-corrected chi connectivity index (χ3v) is 5.53. The first-order chi connectivity index (χ1) is 13.0. The van der Waals surface area contributed by atoms with Crippen molar-refractivity contribution in [1.82, 2.24) is 14.9 Å². The van der Waals surface area contributed by atoms with Gasteiger partial charge in [-0.1, -0.05) is 0 Å². The fourth-order valence-corrected chi connectivity index (χ4v) is 4.32. The van der Waals surface area contributed by atoms with Gasteiger partial charge in [0.15, 0.2) is 0 Å². The van der Waals surface area contributed by atoms with Crippen LogP contribution in [0.1, 0.15) is 35.5 Å². The standard InChI is InChI=1S/C20H20N4O2S/c1-12(2)26-20(25)23-14-6-17-16-5-13(8-21)3-4-18(16)24(19(17)7-14)10-15-9-22-11-27-15/h3-5,9,11-12,14H,6-7,10H2,1-2H3,(H,23,25)/t14-/m0/s1. The molecule has 4 rings (SSSR count). The number of alkyl carbamates (subject to hydrolysis) is 1. The number of carbonyl (C=O) groups excluding carboxylic acids is 1. The van der Waals surface area contributed by atoms with Crippen LogP contribution < -0.4 is 5.32 Å². The van der Waals surface area contributed by atoms with Gasteiger partial charge in [0.1, 0.15) is 0 Å². The molecule has 0 fully saturated rings. The molecule has 1 N–H and O–H groups in total. The molecule has 27 heavy (non-hydrogen) atoms. The predicted octanol–water partition coefficient (Wildman–Crippen LogP) is 3.62. The molecular weight excluding hydrogens is 360 g/mol. The number of amides is 1. The van der Waals surface area contributed by atoms with Crippen LogP contribution in [0.3, 0.4) is 0 Å². The molecule has 0 unspecified atom stereocenters. The van der Waals surface area contributed by atoms with E-state index in [0.29, 0.717) is 5.56 Å². The lowest BCUT2D eigenvalue weighted by atomic mass is 10.1. The van der Waals surface area contributed by atoms with Crippen molar-refractivity contribution in [3.05, 3.63) is 51.6 Å². The summed E-state index contributed by atoms with van der Waals surface area (Å²) in [5, 5.41) is 13.3. The highest BCUT2D eigenvalue weighted by Gasteiger charge is 2.30. The largest absolute Gasteiger partial charge is 0.447 e. The lowest BCUT2D eigenvalue weighted by molar-refractivity contribution is 0.112. The van der Waals surface area contributed by atoms with Crippen LogP contribution in [-0.4, -0.2) is 27.8 Å². The molecule has 2 aromatic heterocycles. The highest BCUT2D eigenvalue weighted by molar-refractivity contribution is 7.09. The molecular formula is C20H20N4O2S. The van der Waals surface area contributed by atoms with E-state index < -0.39 is 0 Å². The highest BCUT2D eigenvalue weighted by atomic mass is 32.1. The molecule has 1 aromatic carbocycles. The number of benzene rings is 1. The minimum atomic E-state index is -0.379. The number of aromatic nitrogens is 2. The van der Waals surface area contributed by atoms with Gasteiger partial charge in [0.25, 0.3) is 0 Å². The average Bonchev–Trinajstić information content (AvgIpc) is 3.32. The maximum absolute atomic E-state index is 12.0. The molecule has 138 valence electrons. The molecule has 0 bridgehead atoms. The molecule has 6 nitrogen and oxygen atoms in total. The van der Waals surface area contributed by atoms with Gasteiger partial charge in [-0.2, -0.15) is 5.26 Å². The second-order valence-electron chi connectivity index (χ2n) is 7.03. The number of hydrogen-bond acceptors (Lipinski definition) is 5. The van der Waals surface area contributed by atoms with E-state index >= 15 is 0 Å². The van der Waals surface area contributed by atoms with E-state index in [4.69, 9.17) is 4.74 Å². The van der Waals surface area contributed by atoms with Crippen molar-refractivity contribution in [2.45, 2.75) is 45.4 Å². The third kappa shape index (κ3) is 3.40. The van der Waals surface area contributed by atoms with Gasteiger partial charge in [0, 0.05) is 40.1 Å². The number of nitrogens with one attached hydrogen (secondary N) is 1. The zero-order chi connectivity index (χ0) is 19.0. The molecule has 0 radical (unpaired) electrons. The van der Waals surface area contributed by atoms with Crippen LogP contribution >= 0.6 is 11.3 Å². The second kappa shape index (κ2) is 7.05. The van der Waals surface area contributed by atoms with Gasteiger partial charge >= 0.3 is 6.09 Å². The zero-order valence-corrected chi connectivity index (χ0v) is 16.0. The summed E-state index contributed by atoms with van der Waals surface area (Å²) < 4.78 is 7.51. The topological polar surface area (TPSA) is 79.9 Å². The fourth-order valence-electron chi connectivity index (χ4n) is 3.73. The number of hydrogen-bond donors (Lipinski definition) is 1. The van der Waals surface area contributed by atoms with Crippen molar-refractivity contribution in [2.75, 3.05) is 0 Å². The first kappa shape index (κ1) is 17.6. The molecule has 0 spiro atoms. The maximum Gasteiger partial charge on any atom is 0.407 e. The number of rotatable bonds is 4. The first-order valence-corrected chi connectivity index (χ1v) is 9.81. The molecule has 1 aliphatic carbocycles. The molecule has 0 aliphatic heterocycles. The quantitative estimate of drug-likeness (QED) is 0.750. The van der Waals surface area contributed by atoms with E-state index in [2.05, 4.69) is 20.9 Å². The summed E-state index contributed by atoms with van der Waals surface area (Å²) in [5.74, 6) is 0. The van der Waals surface area contributed by atoms with Crippen molar-refractivity contribution < 1.29 is 9.53 Å². The Kier molecular flexibility index (Phi) is 4.58. The predicted molar refractivity (Wildman–Crippen MR) is 104 cm³/mol. The summed E-state index contributed by atoms with van der Waals surface area (Å²) in [5.41, 5.74) is 6.03. The Morgan fingerprint density at radius 2 is 2.33 bits per heavy atom. The van der Waals surface area contributed by atoms with Crippen molar-refractivity contribution in [3.8, 4) is 6.07 Å². The van der Waals surface area contributed by atoms with Crippen LogP contribution in [0.25, 0.3) is 10.9 Å². The van der Waals surface area contributed by atoms with Gasteiger partial charge in [0.2, 0.25) is 0 Å². The van der Waals surface area contributed by atoms with Crippen LogP contribution in [0, 0.1) is 11.3 Å². The molecule has 1 atom stereocenters. The Bertz CT molecular complexity index is 1030. The Morgan fingerprint density at radius 3 is 3.04 bits per heavy atom. The molecule has 0 saturated heterocycles. The smallest absolute Gasteiger partial charge is 0.407 e. The number of fused-ring (bicyclic) bond motifs is 3. The Hall–Kier alpha value is -2.85. The monoisotopic (exact) mass is 380 g/mol. The van der Waals surface area contributed by atoms with E-state index in [1.54, 1.807) is 11.3 Å². The Morgan fingerprint density at radius 1 is 1.48 bits per heavy atom. The van der Waals surface area contributed by atoms with Crippen molar-refractivity contribution >= 4 is 28.3 Å². The third-order valence-electron chi connectivity index (χ3n) is 4.77. The minimum Gasteiger partial charge on any atom is -0.447 e. The van der Waals surface area contributed by atoms with Crippen molar-refractivity contribution in [2.24, 2.45) is 0 Å². The van der Waals surface area contributed by atoms with Crippen LogP contribution in [0.15, 0.2) is 29.9 Å². The molecule has 1 aliphatic rings. The summed E-state index contributed by atoms with van der Waals surface area (Å²) in [6.45, 7) is 4.41. The number of ether oxygens (including phenoxy) is 1. The lowest BCUT2D eigenvalue weighted by Crippen LogP contribution is -2.37. The van der Waals surface area contributed by atoms with Gasteiger partial charge in [-0.3, -0.25) is 4.98 Å². The molecule has 7 heteroatoms. The van der Waals surface area contributed by atoms with Crippen molar-refractivity contribution in [1.29, 1.82) is 5.26 Å². The number of carbonyl (C=O) groups is 1. The summed E-state index contributed by atoms with van der Waals surface area (Å²) in [6.07, 6.45) is 2.85. The average molecular weight is 380 g/mol. The molecule has 2 heterocycles. The van der Waals surface area contributed by atoms with Crippen LogP contribution in [0.5, 0.6) is 0 Å². The van der Waals surface area contributed by atoms with E-state index in [1.807, 2.05) is 43.8 Å². The highest BCUT2D eigenvalue weighted by Crippen LogP contribution is 2.34. The van der Waals surface area contributed by atoms with E-state index in [0.717, 1.165) is 30.3 Å². The summed E-state index contributed by atoms with van der Waals surface area (Å²) in [7, 11) is 0. The number of nitriles is 1. The number of thiazole rings is 1. The zero-order valence-electron chi connectivity index (χ0n) is 15.2. The Balaban J connectivity index is 1.69. The van der Waals surface area contributed by atoms with Gasteiger partial charge < -0.3 is 14.6 Å². The van der Waals surface area contributed by atoms with Gasteiger partial charge in [-0.25, -0.2) is 4.79 Å². The lowest BCUT2D eigenvalue weighted by Gasteiger charge is -2.15. The Labute approximate surface area is 161 Å². The van der Waals surface area contributed by atoms with Crippen molar-refractivity contribution in [3.63, 3.8) is 0 Å². The summed E-state index contributed by atoms with van der Waals surface area (Å²) in [4.78, 5) is 17.3. The molecule has 0 saturated carbocycles. The minimum absolute atomic E-state index is 0.00380. The van der Waals surface area contributed by atoms with E-state index in [-0.39, 0.29) is 18.2 Å². The van der Waals surface area contributed by atoms with Gasteiger partial charge in [0.05, 0.1) is 29.8 Å². The fraction of sp³-hybridized carbons (Fsp3) is 0.350. The van der Waals surface area contributed by atoms with Crippen LogP contribution in [0.2, 0.25) is 0 Å². The molecule has 1 amide bonds. The SMILES string of the molecule is CC(C)OC(=O)N[C@H]1Cc2c(n(Cc3cncs3)c3ccc(C#N)cc23)C1. The van der Waals surface area contributed by atoms with E-state index in [1.165, 1.54) is 16.1 Å². The van der Waals surface area contributed by atoms with Crippen LogP contribution in [-0.2, 0) is 24.1 Å². The maximum atomic E-state index is 12.0. The van der Waals surface area contributed by atoms with Gasteiger partial charge in [-0.05, 0) is 44.0 Å². The second-order valence-corrected chi connectivity index (χ2v) is 8.00. The molecule has 3 aromatic rings. The normalized spacial score (nSPS) is 15.7. The first-order valence-electron chi connectivity index (χ1n) is 8.93. The van der Waals surface area contributed by atoms with Gasteiger partial charge in [-0.15, -0.1) is 11.3 Å². The summed E-state index contributed by atoms with van der Waals surface area (Å²) >= 11 is 1.63.